The Morgan fingerprint density at radius 1 is 1.00 bits per heavy atom. The van der Waals surface area contributed by atoms with E-state index < -0.39 is 5.92 Å². The number of nitrogens with zero attached hydrogens (tertiary/aromatic N) is 3. The largest absolute Gasteiger partial charge is 0.457 e. The van der Waals surface area contributed by atoms with E-state index in [2.05, 4.69) is 28.5 Å². The van der Waals surface area contributed by atoms with E-state index in [1.54, 1.807) is 0 Å². The van der Waals surface area contributed by atoms with Gasteiger partial charge in [-0.05, 0) is 30.2 Å². The summed E-state index contributed by atoms with van der Waals surface area (Å²) in [5, 5.41) is 12.7. The molecule has 2 aliphatic heterocycles. The van der Waals surface area contributed by atoms with Gasteiger partial charge < -0.3 is 9.64 Å². The lowest BCUT2D eigenvalue weighted by molar-refractivity contribution is -0.117. The van der Waals surface area contributed by atoms with E-state index in [0.717, 1.165) is 33.8 Å². The van der Waals surface area contributed by atoms with E-state index in [1.807, 2.05) is 71.6 Å². The minimum absolute atomic E-state index is 0.0601. The number of benzene rings is 3. The maximum Gasteiger partial charge on any atom is 0.238 e. The smallest absolute Gasteiger partial charge is 0.238 e. The predicted octanol–water partition coefficient (Wildman–Crippen LogP) is 5.50. The number of carbonyl (C=O) groups is 2. The molecule has 0 spiro atoms. The fraction of sp³-hybridized carbons (Fsp3) is 0.214. The first-order valence-corrected chi connectivity index (χ1v) is 12.8. The molecule has 36 heavy (non-hydrogen) atoms. The number of hydrogen-bond acceptors (Lipinski definition) is 6. The number of fused-ring (bicyclic) bond motifs is 2. The van der Waals surface area contributed by atoms with Crippen LogP contribution in [0.2, 0.25) is 0 Å². The molecule has 1 N–H and O–H groups in total. The van der Waals surface area contributed by atoms with Crippen molar-refractivity contribution < 1.29 is 14.3 Å². The van der Waals surface area contributed by atoms with Crippen molar-refractivity contribution in [1.82, 2.24) is 10.2 Å². The molecule has 1 saturated heterocycles. The van der Waals surface area contributed by atoms with Gasteiger partial charge in [-0.25, -0.2) is 0 Å². The molecule has 0 aliphatic carbocycles. The Kier molecular flexibility index (Phi) is 5.73. The molecule has 0 saturated carbocycles. The summed E-state index contributed by atoms with van der Waals surface area (Å²) in [6, 6.07) is 23.2. The highest BCUT2D eigenvalue weighted by Crippen LogP contribution is 2.44. The Hall–Kier alpha value is -4.04. The van der Waals surface area contributed by atoms with Crippen molar-refractivity contribution in [1.29, 1.82) is 0 Å². The van der Waals surface area contributed by atoms with Gasteiger partial charge in [-0.1, -0.05) is 72.9 Å². The Morgan fingerprint density at radius 3 is 2.39 bits per heavy atom. The Morgan fingerprint density at radius 2 is 1.67 bits per heavy atom. The van der Waals surface area contributed by atoms with Crippen LogP contribution in [-0.2, 0) is 16.0 Å². The van der Waals surface area contributed by atoms with Crippen LogP contribution >= 0.6 is 11.3 Å². The molecule has 1 aromatic heterocycles. The summed E-state index contributed by atoms with van der Waals surface area (Å²) in [5.41, 5.74) is 3.73. The van der Waals surface area contributed by atoms with Crippen LogP contribution in [0.5, 0.6) is 11.5 Å². The second kappa shape index (κ2) is 9.20. The second-order valence-electron chi connectivity index (χ2n) is 8.93. The van der Waals surface area contributed by atoms with E-state index in [4.69, 9.17) is 4.74 Å². The highest BCUT2D eigenvalue weighted by Gasteiger charge is 2.36. The zero-order valence-electron chi connectivity index (χ0n) is 19.7. The van der Waals surface area contributed by atoms with Gasteiger partial charge in [0, 0.05) is 35.7 Å². The fourth-order valence-corrected chi connectivity index (χ4v) is 5.84. The summed E-state index contributed by atoms with van der Waals surface area (Å²) in [7, 11) is 0. The number of ether oxygens (including phenoxy) is 1. The molecule has 4 aromatic rings. The summed E-state index contributed by atoms with van der Waals surface area (Å²) in [6.45, 7) is 2.64. The second-order valence-corrected chi connectivity index (χ2v) is 9.94. The number of amides is 2. The van der Waals surface area contributed by atoms with Crippen LogP contribution < -0.4 is 15.0 Å². The highest BCUT2D eigenvalue weighted by atomic mass is 32.1. The van der Waals surface area contributed by atoms with Crippen molar-refractivity contribution in [2.45, 2.75) is 31.6 Å². The number of para-hydroxylation sites is 3. The predicted molar refractivity (Wildman–Crippen MR) is 139 cm³/mol. The van der Waals surface area contributed by atoms with Gasteiger partial charge in [0.05, 0.1) is 5.92 Å². The lowest BCUT2D eigenvalue weighted by atomic mass is 9.87. The molecule has 180 valence electrons. The SMILES string of the molecule is CCc1ccccc1N1CC(c2nnc(NC(=O)C3c4ccccc4Oc4ccccc43)s2)CC1=O. The molecular formula is C28H24N4O3S. The number of carbonyl (C=O) groups excluding carboxylic acids is 2. The third-order valence-electron chi connectivity index (χ3n) is 6.75. The van der Waals surface area contributed by atoms with Crippen molar-refractivity contribution >= 4 is 34.0 Å². The van der Waals surface area contributed by atoms with Crippen LogP contribution in [0.3, 0.4) is 0 Å². The number of nitrogens with one attached hydrogen (secondary N) is 1. The highest BCUT2D eigenvalue weighted by molar-refractivity contribution is 7.15. The Labute approximate surface area is 212 Å². The van der Waals surface area contributed by atoms with E-state index in [0.29, 0.717) is 29.6 Å². The summed E-state index contributed by atoms with van der Waals surface area (Å²) in [6.07, 6.45) is 1.24. The molecule has 2 amide bonds. The molecule has 0 radical (unpaired) electrons. The molecule has 0 bridgehead atoms. The lowest BCUT2D eigenvalue weighted by Gasteiger charge is -2.27. The quantitative estimate of drug-likeness (QED) is 0.395. The first-order valence-electron chi connectivity index (χ1n) is 12.0. The summed E-state index contributed by atoms with van der Waals surface area (Å²) in [4.78, 5) is 28.2. The van der Waals surface area contributed by atoms with Crippen molar-refractivity contribution in [3.63, 3.8) is 0 Å². The Bertz CT molecular complexity index is 1420. The fourth-order valence-electron chi connectivity index (χ4n) is 5.00. The molecule has 1 fully saturated rings. The summed E-state index contributed by atoms with van der Waals surface area (Å²) >= 11 is 1.33. The monoisotopic (exact) mass is 496 g/mol. The van der Waals surface area contributed by atoms with Crippen LogP contribution in [0, 0.1) is 0 Å². The number of hydrogen-bond donors (Lipinski definition) is 1. The molecular weight excluding hydrogens is 472 g/mol. The minimum atomic E-state index is -0.521. The van der Waals surface area contributed by atoms with E-state index in [1.165, 1.54) is 11.3 Å². The Balaban J connectivity index is 1.22. The van der Waals surface area contributed by atoms with E-state index in [9.17, 15) is 9.59 Å². The van der Waals surface area contributed by atoms with Gasteiger partial charge in [-0.2, -0.15) is 0 Å². The average Bonchev–Trinajstić information content (AvgIpc) is 3.53. The van der Waals surface area contributed by atoms with Gasteiger partial charge in [0.25, 0.3) is 0 Å². The zero-order chi connectivity index (χ0) is 24.6. The lowest BCUT2D eigenvalue weighted by Crippen LogP contribution is -2.25. The third-order valence-corrected chi connectivity index (χ3v) is 7.75. The zero-order valence-corrected chi connectivity index (χ0v) is 20.5. The van der Waals surface area contributed by atoms with Gasteiger partial charge in [0.1, 0.15) is 16.5 Å². The molecule has 2 aliphatic rings. The van der Waals surface area contributed by atoms with Crippen molar-refractivity contribution in [3.8, 4) is 11.5 Å². The topological polar surface area (TPSA) is 84.4 Å². The van der Waals surface area contributed by atoms with Crippen LogP contribution in [0.1, 0.15) is 46.9 Å². The molecule has 7 nitrogen and oxygen atoms in total. The van der Waals surface area contributed by atoms with Crippen LogP contribution in [-0.4, -0.2) is 28.6 Å². The van der Waals surface area contributed by atoms with Gasteiger partial charge in [-0.3, -0.25) is 14.9 Å². The molecule has 1 unspecified atom stereocenters. The minimum Gasteiger partial charge on any atom is -0.457 e. The van der Waals surface area contributed by atoms with Crippen LogP contribution in [0.15, 0.2) is 72.8 Å². The van der Waals surface area contributed by atoms with Gasteiger partial charge in [0.15, 0.2) is 0 Å². The van der Waals surface area contributed by atoms with Crippen molar-refractivity contribution in [2.75, 3.05) is 16.8 Å². The van der Waals surface area contributed by atoms with Crippen molar-refractivity contribution in [2.24, 2.45) is 0 Å². The van der Waals surface area contributed by atoms with Crippen LogP contribution in [0.4, 0.5) is 10.8 Å². The maximum absolute atomic E-state index is 13.5. The van der Waals surface area contributed by atoms with E-state index in [-0.39, 0.29) is 17.7 Å². The molecule has 6 rings (SSSR count). The number of rotatable bonds is 5. The van der Waals surface area contributed by atoms with E-state index >= 15 is 0 Å². The number of aryl methyl sites for hydroxylation is 1. The molecule has 8 heteroatoms. The average molecular weight is 497 g/mol. The molecule has 1 atom stereocenters. The standard InChI is InChI=1S/C28H24N4O3S/c1-2-17-9-3-6-12-21(17)32-16-18(15-24(32)33)27-30-31-28(36-27)29-26(34)25-19-10-4-7-13-22(19)35-23-14-8-5-11-20(23)25/h3-14,18,25H,2,15-16H2,1H3,(H,29,31,34). The first-order chi connectivity index (χ1) is 17.6. The molecule has 3 heterocycles. The van der Waals surface area contributed by atoms with Crippen LogP contribution in [0.25, 0.3) is 0 Å². The van der Waals surface area contributed by atoms with Crippen molar-refractivity contribution in [3.05, 3.63) is 94.5 Å². The normalized spacial score (nSPS) is 16.9. The number of anilines is 2. The number of aromatic nitrogens is 2. The van der Waals surface area contributed by atoms with Gasteiger partial charge >= 0.3 is 0 Å². The maximum atomic E-state index is 13.5. The first kappa shape index (κ1) is 22.4. The van der Waals surface area contributed by atoms with Gasteiger partial charge in [0.2, 0.25) is 16.9 Å². The van der Waals surface area contributed by atoms with Gasteiger partial charge in [-0.15, -0.1) is 10.2 Å². The summed E-state index contributed by atoms with van der Waals surface area (Å²) in [5.74, 6) is 0.652. The third kappa shape index (κ3) is 3.93. The summed E-state index contributed by atoms with van der Waals surface area (Å²) < 4.78 is 6.01. The molecule has 3 aromatic carbocycles.